The van der Waals surface area contributed by atoms with Crippen molar-refractivity contribution in [2.24, 2.45) is 0 Å². The molecule has 14 heavy (non-hydrogen) atoms. The zero-order valence-electron chi connectivity index (χ0n) is 7.78. The lowest BCUT2D eigenvalue weighted by molar-refractivity contribution is 0.112. The fourth-order valence-corrected chi connectivity index (χ4v) is 2.57. The van der Waals surface area contributed by atoms with Crippen molar-refractivity contribution in [3.05, 3.63) is 34.2 Å². The second-order valence-corrected chi connectivity index (χ2v) is 4.11. The Morgan fingerprint density at radius 2 is 2.36 bits per heavy atom. The largest absolute Gasteiger partial charge is 0.392 e. The minimum Gasteiger partial charge on any atom is -0.392 e. The van der Waals surface area contributed by atoms with Gasteiger partial charge in [-0.05, 0) is 35.6 Å². The summed E-state index contributed by atoms with van der Waals surface area (Å²) in [5, 5.41) is 12.1. The van der Waals surface area contributed by atoms with Crippen LogP contribution in [0.1, 0.15) is 21.5 Å². The topological polar surface area (TPSA) is 37.3 Å². The Bertz CT molecular complexity index is 485. The third-order valence-electron chi connectivity index (χ3n) is 2.43. The van der Waals surface area contributed by atoms with Gasteiger partial charge in [0.1, 0.15) is 0 Å². The van der Waals surface area contributed by atoms with Crippen molar-refractivity contribution in [2.75, 3.05) is 0 Å². The first kappa shape index (κ1) is 9.37. The third kappa shape index (κ3) is 1.25. The molecule has 1 aromatic carbocycles. The molecule has 0 saturated heterocycles. The summed E-state index contributed by atoms with van der Waals surface area (Å²) in [5.74, 6) is 0. The van der Waals surface area contributed by atoms with Gasteiger partial charge < -0.3 is 5.11 Å². The van der Waals surface area contributed by atoms with Crippen LogP contribution in [0.3, 0.4) is 0 Å². The van der Waals surface area contributed by atoms with E-state index < -0.39 is 0 Å². The molecule has 1 aromatic heterocycles. The highest BCUT2D eigenvalue weighted by atomic mass is 32.1. The summed E-state index contributed by atoms with van der Waals surface area (Å²) in [6, 6.07) is 3.70. The molecular formula is C11H10O2S. The van der Waals surface area contributed by atoms with Crippen LogP contribution in [0.2, 0.25) is 0 Å². The second kappa shape index (κ2) is 3.52. The number of rotatable bonds is 2. The SMILES string of the molecule is Cc1c(CO)cc(C=O)c2ccsc12. The summed E-state index contributed by atoms with van der Waals surface area (Å²) >= 11 is 1.60. The van der Waals surface area contributed by atoms with Gasteiger partial charge in [0.25, 0.3) is 0 Å². The van der Waals surface area contributed by atoms with Crippen LogP contribution in [0.4, 0.5) is 0 Å². The third-order valence-corrected chi connectivity index (χ3v) is 3.46. The van der Waals surface area contributed by atoms with Gasteiger partial charge in [-0.1, -0.05) is 0 Å². The Morgan fingerprint density at radius 1 is 1.57 bits per heavy atom. The van der Waals surface area contributed by atoms with E-state index in [1.165, 1.54) is 0 Å². The van der Waals surface area contributed by atoms with Crippen LogP contribution in [0.5, 0.6) is 0 Å². The number of aliphatic hydroxyl groups is 1. The molecule has 3 heteroatoms. The van der Waals surface area contributed by atoms with E-state index in [1.54, 1.807) is 17.4 Å². The Hall–Kier alpha value is -1.19. The maximum atomic E-state index is 10.8. The van der Waals surface area contributed by atoms with Crippen LogP contribution in [-0.2, 0) is 6.61 Å². The van der Waals surface area contributed by atoms with Gasteiger partial charge in [-0.2, -0.15) is 0 Å². The zero-order chi connectivity index (χ0) is 10.1. The van der Waals surface area contributed by atoms with Crippen molar-refractivity contribution >= 4 is 27.7 Å². The molecule has 0 aliphatic rings. The Labute approximate surface area is 85.8 Å². The van der Waals surface area contributed by atoms with E-state index in [0.29, 0.717) is 5.56 Å². The van der Waals surface area contributed by atoms with E-state index >= 15 is 0 Å². The molecule has 0 saturated carbocycles. The number of aldehydes is 1. The smallest absolute Gasteiger partial charge is 0.150 e. The maximum absolute atomic E-state index is 10.8. The molecule has 2 rings (SSSR count). The average molecular weight is 206 g/mol. The molecule has 2 nitrogen and oxygen atoms in total. The molecular weight excluding hydrogens is 196 g/mol. The van der Waals surface area contributed by atoms with Crippen LogP contribution in [0.25, 0.3) is 10.1 Å². The van der Waals surface area contributed by atoms with Crippen LogP contribution in [0, 0.1) is 6.92 Å². The standard InChI is InChI=1S/C11H10O2S/c1-7-8(5-12)4-9(6-13)10-2-3-14-11(7)10/h2-4,6,12H,5H2,1H3. The second-order valence-electron chi connectivity index (χ2n) is 3.19. The Balaban J connectivity index is 2.86. The number of hydrogen-bond donors (Lipinski definition) is 1. The van der Waals surface area contributed by atoms with E-state index in [-0.39, 0.29) is 6.61 Å². The molecule has 0 aliphatic heterocycles. The van der Waals surface area contributed by atoms with E-state index in [4.69, 9.17) is 5.11 Å². The number of aryl methyl sites for hydroxylation is 1. The fourth-order valence-electron chi connectivity index (χ4n) is 1.61. The minimum atomic E-state index is -0.0134. The van der Waals surface area contributed by atoms with Crippen molar-refractivity contribution < 1.29 is 9.90 Å². The van der Waals surface area contributed by atoms with E-state index in [9.17, 15) is 4.79 Å². The monoisotopic (exact) mass is 206 g/mol. The molecule has 0 radical (unpaired) electrons. The number of aliphatic hydroxyl groups excluding tert-OH is 1. The molecule has 0 atom stereocenters. The van der Waals surface area contributed by atoms with Gasteiger partial charge in [0, 0.05) is 15.6 Å². The molecule has 0 bridgehead atoms. The van der Waals surface area contributed by atoms with Crippen molar-refractivity contribution in [2.45, 2.75) is 13.5 Å². The Kier molecular flexibility index (Phi) is 2.35. The van der Waals surface area contributed by atoms with Crippen molar-refractivity contribution in [1.29, 1.82) is 0 Å². The first-order valence-corrected chi connectivity index (χ1v) is 5.21. The van der Waals surface area contributed by atoms with Crippen molar-refractivity contribution in [3.63, 3.8) is 0 Å². The number of thiophene rings is 1. The van der Waals surface area contributed by atoms with Crippen molar-refractivity contribution in [1.82, 2.24) is 0 Å². The number of benzene rings is 1. The average Bonchev–Trinajstić information content (AvgIpc) is 2.68. The molecule has 0 fully saturated rings. The highest BCUT2D eigenvalue weighted by Gasteiger charge is 2.08. The molecule has 0 spiro atoms. The van der Waals surface area contributed by atoms with Gasteiger partial charge in [-0.15, -0.1) is 11.3 Å². The van der Waals surface area contributed by atoms with E-state index in [2.05, 4.69) is 0 Å². The van der Waals surface area contributed by atoms with Crippen molar-refractivity contribution in [3.8, 4) is 0 Å². The molecule has 2 aromatic rings. The first-order valence-electron chi connectivity index (χ1n) is 4.33. The molecule has 0 unspecified atom stereocenters. The number of fused-ring (bicyclic) bond motifs is 1. The molecule has 1 heterocycles. The van der Waals surface area contributed by atoms with Crippen LogP contribution >= 0.6 is 11.3 Å². The highest BCUT2D eigenvalue weighted by Crippen LogP contribution is 2.29. The van der Waals surface area contributed by atoms with Crippen LogP contribution in [0.15, 0.2) is 17.5 Å². The molecule has 0 amide bonds. The van der Waals surface area contributed by atoms with Gasteiger partial charge in [0.2, 0.25) is 0 Å². The fraction of sp³-hybridized carbons (Fsp3) is 0.182. The predicted molar refractivity (Wildman–Crippen MR) is 57.9 cm³/mol. The van der Waals surface area contributed by atoms with Crippen LogP contribution in [-0.4, -0.2) is 11.4 Å². The van der Waals surface area contributed by atoms with Gasteiger partial charge >= 0.3 is 0 Å². The lowest BCUT2D eigenvalue weighted by atomic mass is 10.0. The summed E-state index contributed by atoms with van der Waals surface area (Å²) in [6.45, 7) is 1.96. The molecule has 1 N–H and O–H groups in total. The lowest BCUT2D eigenvalue weighted by Gasteiger charge is -2.05. The lowest BCUT2D eigenvalue weighted by Crippen LogP contribution is -1.92. The number of carbonyl (C=O) groups excluding carboxylic acids is 1. The summed E-state index contributed by atoms with van der Waals surface area (Å²) in [7, 11) is 0. The normalized spacial score (nSPS) is 10.7. The van der Waals surface area contributed by atoms with Gasteiger partial charge in [-0.25, -0.2) is 0 Å². The van der Waals surface area contributed by atoms with E-state index in [0.717, 1.165) is 27.5 Å². The van der Waals surface area contributed by atoms with E-state index in [1.807, 2.05) is 18.4 Å². The summed E-state index contributed by atoms with van der Waals surface area (Å²) in [6.07, 6.45) is 0.841. The molecule has 72 valence electrons. The van der Waals surface area contributed by atoms with Gasteiger partial charge in [-0.3, -0.25) is 4.79 Å². The first-order chi connectivity index (χ1) is 6.77. The summed E-state index contributed by atoms with van der Waals surface area (Å²) in [5.41, 5.74) is 2.57. The predicted octanol–water partition coefficient (Wildman–Crippen LogP) is 2.51. The van der Waals surface area contributed by atoms with Gasteiger partial charge in [0.15, 0.2) is 6.29 Å². The highest BCUT2D eigenvalue weighted by molar-refractivity contribution is 7.17. The zero-order valence-corrected chi connectivity index (χ0v) is 8.60. The molecule has 0 aliphatic carbocycles. The quantitative estimate of drug-likeness (QED) is 0.766. The summed E-state index contributed by atoms with van der Waals surface area (Å²) in [4.78, 5) is 10.8. The minimum absolute atomic E-state index is 0.0134. The Morgan fingerprint density at radius 3 is 3.00 bits per heavy atom. The number of hydrogen-bond acceptors (Lipinski definition) is 3. The van der Waals surface area contributed by atoms with Crippen LogP contribution < -0.4 is 0 Å². The van der Waals surface area contributed by atoms with Gasteiger partial charge in [0.05, 0.1) is 6.61 Å². The summed E-state index contributed by atoms with van der Waals surface area (Å²) < 4.78 is 1.10. The number of carbonyl (C=O) groups is 1. The maximum Gasteiger partial charge on any atom is 0.150 e.